The van der Waals surface area contributed by atoms with E-state index in [9.17, 15) is 9.90 Å². The van der Waals surface area contributed by atoms with Gasteiger partial charge in [0.15, 0.2) is 0 Å². The average Bonchev–Trinajstić information content (AvgIpc) is 2.30. The Hall–Kier alpha value is -1.30. The highest BCUT2D eigenvalue weighted by Gasteiger charge is 2.24. The molecule has 1 aromatic rings. The molecule has 0 aliphatic heterocycles. The van der Waals surface area contributed by atoms with Crippen LogP contribution in [0.3, 0.4) is 0 Å². The quantitative estimate of drug-likeness (QED) is 0.726. The van der Waals surface area contributed by atoms with Crippen LogP contribution in [-0.2, 0) is 4.79 Å². The van der Waals surface area contributed by atoms with Gasteiger partial charge in [0.25, 0.3) is 0 Å². The summed E-state index contributed by atoms with van der Waals surface area (Å²) in [6.45, 7) is 5.54. The summed E-state index contributed by atoms with van der Waals surface area (Å²) in [6.07, 6.45) is 0. The molecule has 0 fully saturated rings. The van der Waals surface area contributed by atoms with Crippen molar-refractivity contribution in [3.05, 3.63) is 23.2 Å². The zero-order valence-electron chi connectivity index (χ0n) is 12.3. The van der Waals surface area contributed by atoms with E-state index in [2.05, 4.69) is 5.32 Å². The molecular weight excluding hydrogens is 278 g/mol. The Kier molecular flexibility index (Phi) is 5.39. The second kappa shape index (κ2) is 6.43. The van der Waals surface area contributed by atoms with Gasteiger partial charge in [-0.3, -0.25) is 9.69 Å². The number of halogens is 1. The van der Waals surface area contributed by atoms with Gasteiger partial charge in [0.1, 0.15) is 0 Å². The third-order valence-corrected chi connectivity index (χ3v) is 3.19. The molecule has 4 N–H and O–H groups in total. The standard InChI is InChI=1S/C14H22ClN3O2/c1-9(18(4)8-14(2,3)20)13(19)17-12-7-10(15)5-6-11(12)16/h5-7,9,20H,8,16H2,1-4H3,(H,17,19). The molecule has 1 atom stereocenters. The Bertz CT molecular complexity index is 486. The Labute approximate surface area is 124 Å². The van der Waals surface area contributed by atoms with E-state index in [-0.39, 0.29) is 5.91 Å². The maximum Gasteiger partial charge on any atom is 0.241 e. The number of carbonyl (C=O) groups excluding carboxylic acids is 1. The van der Waals surface area contributed by atoms with Crippen LogP contribution in [0.2, 0.25) is 5.02 Å². The normalized spacial score (nSPS) is 13.3. The van der Waals surface area contributed by atoms with Crippen LogP contribution in [0.4, 0.5) is 11.4 Å². The number of aliphatic hydroxyl groups is 1. The van der Waals surface area contributed by atoms with Crippen molar-refractivity contribution in [2.24, 2.45) is 0 Å². The molecule has 1 rings (SSSR count). The topological polar surface area (TPSA) is 78.6 Å². The molecule has 20 heavy (non-hydrogen) atoms. The lowest BCUT2D eigenvalue weighted by Gasteiger charge is -2.29. The highest BCUT2D eigenvalue weighted by Crippen LogP contribution is 2.23. The third kappa shape index (κ3) is 5.00. The minimum Gasteiger partial charge on any atom is -0.397 e. The molecule has 0 radical (unpaired) electrons. The summed E-state index contributed by atoms with van der Waals surface area (Å²) >= 11 is 5.88. The molecule has 0 aromatic heterocycles. The van der Waals surface area contributed by atoms with Gasteiger partial charge in [-0.05, 0) is 46.0 Å². The number of nitrogens with one attached hydrogen (secondary N) is 1. The maximum atomic E-state index is 12.2. The Morgan fingerprint density at radius 3 is 2.70 bits per heavy atom. The smallest absolute Gasteiger partial charge is 0.241 e. The van der Waals surface area contributed by atoms with Crippen LogP contribution >= 0.6 is 11.6 Å². The number of hydrogen-bond donors (Lipinski definition) is 3. The number of anilines is 2. The van der Waals surface area contributed by atoms with Crippen LogP contribution in [0.15, 0.2) is 18.2 Å². The highest BCUT2D eigenvalue weighted by molar-refractivity contribution is 6.31. The molecule has 0 heterocycles. The number of carbonyl (C=O) groups is 1. The van der Waals surface area contributed by atoms with Crippen molar-refractivity contribution in [1.82, 2.24) is 4.90 Å². The van der Waals surface area contributed by atoms with Crippen molar-refractivity contribution in [1.29, 1.82) is 0 Å². The van der Waals surface area contributed by atoms with Gasteiger partial charge in [-0.15, -0.1) is 0 Å². The molecule has 0 saturated carbocycles. The summed E-state index contributed by atoms with van der Waals surface area (Å²) in [5, 5.41) is 13.0. The van der Waals surface area contributed by atoms with Gasteiger partial charge in [-0.2, -0.15) is 0 Å². The number of nitrogen functional groups attached to an aromatic ring is 1. The van der Waals surface area contributed by atoms with E-state index < -0.39 is 11.6 Å². The van der Waals surface area contributed by atoms with Crippen LogP contribution < -0.4 is 11.1 Å². The second-order valence-electron chi connectivity index (χ2n) is 5.62. The van der Waals surface area contributed by atoms with E-state index >= 15 is 0 Å². The summed E-state index contributed by atoms with van der Waals surface area (Å²) in [5.74, 6) is -0.203. The molecule has 5 nitrogen and oxygen atoms in total. The lowest BCUT2D eigenvalue weighted by atomic mass is 10.1. The van der Waals surface area contributed by atoms with E-state index in [1.165, 1.54) is 0 Å². The Morgan fingerprint density at radius 2 is 2.15 bits per heavy atom. The Morgan fingerprint density at radius 1 is 1.55 bits per heavy atom. The first-order valence-electron chi connectivity index (χ1n) is 6.38. The first-order valence-corrected chi connectivity index (χ1v) is 6.76. The average molecular weight is 300 g/mol. The largest absolute Gasteiger partial charge is 0.397 e. The maximum absolute atomic E-state index is 12.2. The number of benzene rings is 1. The molecule has 0 aliphatic rings. The molecule has 0 saturated heterocycles. The van der Waals surface area contributed by atoms with Crippen LogP contribution in [0, 0.1) is 0 Å². The van der Waals surface area contributed by atoms with Gasteiger partial charge in [0.2, 0.25) is 5.91 Å². The molecule has 0 aliphatic carbocycles. The summed E-state index contributed by atoms with van der Waals surface area (Å²) in [4.78, 5) is 13.9. The molecule has 1 amide bonds. The Balaban J connectivity index is 2.73. The zero-order valence-corrected chi connectivity index (χ0v) is 13.0. The number of likely N-dealkylation sites (N-methyl/N-ethyl adjacent to an activating group) is 1. The minimum absolute atomic E-state index is 0.203. The summed E-state index contributed by atoms with van der Waals surface area (Å²) in [7, 11) is 1.78. The van der Waals surface area contributed by atoms with Gasteiger partial charge in [-0.1, -0.05) is 11.6 Å². The number of nitrogens with two attached hydrogens (primary N) is 1. The summed E-state index contributed by atoms with van der Waals surface area (Å²) in [6, 6.07) is 4.51. The summed E-state index contributed by atoms with van der Waals surface area (Å²) in [5.41, 5.74) is 5.88. The predicted octanol–water partition coefficient (Wildman–Crippen LogP) is 1.95. The number of nitrogens with zero attached hydrogens (tertiary/aromatic N) is 1. The predicted molar refractivity (Wildman–Crippen MR) is 82.9 cm³/mol. The first kappa shape index (κ1) is 16.8. The molecule has 0 bridgehead atoms. The fraction of sp³-hybridized carbons (Fsp3) is 0.500. The molecule has 1 aromatic carbocycles. The fourth-order valence-electron chi connectivity index (χ4n) is 1.82. The first-order chi connectivity index (χ1) is 9.10. The van der Waals surface area contributed by atoms with Crippen molar-refractivity contribution >= 4 is 28.9 Å². The number of amides is 1. The molecule has 112 valence electrons. The van der Waals surface area contributed by atoms with Gasteiger partial charge in [0.05, 0.1) is 23.0 Å². The van der Waals surface area contributed by atoms with E-state index in [0.717, 1.165) is 0 Å². The SMILES string of the molecule is CC(C(=O)Nc1cc(Cl)ccc1N)N(C)CC(C)(C)O. The van der Waals surface area contributed by atoms with E-state index in [1.54, 1.807) is 50.9 Å². The monoisotopic (exact) mass is 299 g/mol. The van der Waals surface area contributed by atoms with E-state index in [1.807, 2.05) is 0 Å². The molecular formula is C14H22ClN3O2. The van der Waals surface area contributed by atoms with Crippen LogP contribution in [-0.4, -0.2) is 41.1 Å². The number of hydrogen-bond acceptors (Lipinski definition) is 4. The van der Waals surface area contributed by atoms with Crippen molar-refractivity contribution < 1.29 is 9.90 Å². The lowest BCUT2D eigenvalue weighted by Crippen LogP contribution is -2.46. The fourth-order valence-corrected chi connectivity index (χ4v) is 1.99. The molecule has 0 spiro atoms. The van der Waals surface area contributed by atoms with Gasteiger partial charge in [-0.25, -0.2) is 0 Å². The van der Waals surface area contributed by atoms with Crippen molar-refractivity contribution in [3.63, 3.8) is 0 Å². The third-order valence-electron chi connectivity index (χ3n) is 2.95. The van der Waals surface area contributed by atoms with Crippen molar-refractivity contribution in [3.8, 4) is 0 Å². The van der Waals surface area contributed by atoms with Gasteiger partial charge < -0.3 is 16.2 Å². The summed E-state index contributed by atoms with van der Waals surface area (Å²) < 4.78 is 0. The van der Waals surface area contributed by atoms with Crippen molar-refractivity contribution in [2.45, 2.75) is 32.4 Å². The van der Waals surface area contributed by atoms with Gasteiger partial charge >= 0.3 is 0 Å². The zero-order chi connectivity index (χ0) is 15.5. The van der Waals surface area contributed by atoms with E-state index in [4.69, 9.17) is 17.3 Å². The lowest BCUT2D eigenvalue weighted by molar-refractivity contribution is -0.121. The van der Waals surface area contributed by atoms with E-state index in [0.29, 0.717) is 22.9 Å². The van der Waals surface area contributed by atoms with Crippen molar-refractivity contribution in [2.75, 3.05) is 24.6 Å². The minimum atomic E-state index is -0.863. The molecule has 6 heteroatoms. The van der Waals surface area contributed by atoms with Gasteiger partial charge in [0, 0.05) is 11.6 Å². The molecule has 1 unspecified atom stereocenters. The highest BCUT2D eigenvalue weighted by atomic mass is 35.5. The van der Waals surface area contributed by atoms with Crippen LogP contribution in [0.1, 0.15) is 20.8 Å². The number of rotatable bonds is 5. The van der Waals surface area contributed by atoms with Crippen LogP contribution in [0.25, 0.3) is 0 Å². The van der Waals surface area contributed by atoms with Crippen LogP contribution in [0.5, 0.6) is 0 Å². The second-order valence-corrected chi connectivity index (χ2v) is 6.06.